The van der Waals surface area contributed by atoms with Crippen molar-refractivity contribution in [2.75, 3.05) is 0 Å². The molecule has 1 heterocycles. The molecule has 0 aliphatic heterocycles. The number of nitrogens with zero attached hydrogens (tertiary/aromatic N) is 2. The van der Waals surface area contributed by atoms with Crippen molar-refractivity contribution in [2.24, 2.45) is 0 Å². The van der Waals surface area contributed by atoms with E-state index in [0.29, 0.717) is 5.69 Å². The second-order valence-electron chi connectivity index (χ2n) is 7.98. The predicted molar refractivity (Wildman–Crippen MR) is 109 cm³/mol. The van der Waals surface area contributed by atoms with Crippen molar-refractivity contribution >= 4 is 5.91 Å². The largest absolute Gasteiger partial charge is 0.344 e. The van der Waals surface area contributed by atoms with Crippen molar-refractivity contribution in [3.05, 3.63) is 93.7 Å². The van der Waals surface area contributed by atoms with Gasteiger partial charge in [0.2, 0.25) is 0 Å². The van der Waals surface area contributed by atoms with Gasteiger partial charge in [0.15, 0.2) is 0 Å². The number of fused-ring (bicyclic) bond motifs is 1. The zero-order valence-corrected chi connectivity index (χ0v) is 16.4. The molecule has 3 aromatic rings. The third-order valence-corrected chi connectivity index (χ3v) is 5.53. The van der Waals surface area contributed by atoms with Crippen molar-refractivity contribution in [3.8, 4) is 5.69 Å². The molecule has 1 amide bonds. The Kier molecular flexibility index (Phi) is 4.78. The van der Waals surface area contributed by atoms with E-state index in [0.717, 1.165) is 23.1 Å². The summed E-state index contributed by atoms with van der Waals surface area (Å²) < 4.78 is 14.3. The molecule has 4 rings (SSSR count). The minimum absolute atomic E-state index is 0.0614. The van der Waals surface area contributed by atoms with Gasteiger partial charge in [-0.15, -0.1) is 0 Å². The molecule has 0 saturated carbocycles. The second-order valence-corrected chi connectivity index (χ2v) is 7.98. The molecule has 1 N–H and O–H groups in total. The van der Waals surface area contributed by atoms with Crippen LogP contribution in [0.5, 0.6) is 0 Å². The summed E-state index contributed by atoms with van der Waals surface area (Å²) in [7, 11) is 0. The van der Waals surface area contributed by atoms with Crippen LogP contribution in [0.1, 0.15) is 54.3 Å². The quantitative estimate of drug-likeness (QED) is 0.736. The molecule has 29 heavy (non-hydrogen) atoms. The topological polar surface area (TPSA) is 64.0 Å². The maximum atomic E-state index is 13.2. The van der Waals surface area contributed by atoms with Gasteiger partial charge >= 0.3 is 0 Å². The Balaban J connectivity index is 1.62. The van der Waals surface area contributed by atoms with E-state index in [1.807, 2.05) is 18.2 Å². The highest BCUT2D eigenvalue weighted by Gasteiger charge is 2.33. The molecule has 1 atom stereocenters. The first-order valence-corrected chi connectivity index (χ1v) is 9.62. The number of hydrogen-bond acceptors (Lipinski definition) is 3. The molecule has 148 valence electrons. The Morgan fingerprint density at radius 1 is 1.10 bits per heavy atom. The smallest absolute Gasteiger partial charge is 0.272 e. The second kappa shape index (κ2) is 7.28. The lowest BCUT2D eigenvalue weighted by molar-refractivity contribution is 0.0922. The lowest BCUT2D eigenvalue weighted by atomic mass is 9.71. The van der Waals surface area contributed by atoms with E-state index in [2.05, 4.69) is 30.3 Å². The van der Waals surface area contributed by atoms with Crippen LogP contribution in [0.2, 0.25) is 0 Å². The van der Waals surface area contributed by atoms with Crippen LogP contribution in [0.4, 0.5) is 4.39 Å². The number of rotatable bonds is 3. The molecule has 2 aromatic carbocycles. The van der Waals surface area contributed by atoms with Gasteiger partial charge in [-0.1, -0.05) is 38.1 Å². The fraction of sp³-hybridized carbons (Fsp3) is 0.261. The molecule has 0 radical (unpaired) electrons. The van der Waals surface area contributed by atoms with E-state index in [1.54, 1.807) is 0 Å². The number of hydrogen-bond donors (Lipinski definition) is 1. The van der Waals surface area contributed by atoms with E-state index in [9.17, 15) is 14.0 Å². The van der Waals surface area contributed by atoms with E-state index < -0.39 is 11.4 Å². The van der Waals surface area contributed by atoms with Gasteiger partial charge in [0, 0.05) is 6.07 Å². The maximum absolute atomic E-state index is 13.2. The van der Waals surface area contributed by atoms with Gasteiger partial charge in [-0.25, -0.2) is 4.39 Å². The Bertz CT molecular complexity index is 1120. The zero-order valence-electron chi connectivity index (χ0n) is 16.4. The van der Waals surface area contributed by atoms with Crippen LogP contribution in [-0.2, 0) is 5.41 Å². The highest BCUT2D eigenvalue weighted by Crippen LogP contribution is 2.41. The van der Waals surface area contributed by atoms with Crippen LogP contribution in [0.15, 0.2) is 65.5 Å². The van der Waals surface area contributed by atoms with Gasteiger partial charge in [-0.3, -0.25) is 9.59 Å². The number of amides is 1. The molecule has 1 unspecified atom stereocenters. The first kappa shape index (κ1) is 19.1. The summed E-state index contributed by atoms with van der Waals surface area (Å²) in [5, 5.41) is 7.25. The summed E-state index contributed by atoms with van der Waals surface area (Å²) in [6, 6.07) is 16.1. The Morgan fingerprint density at radius 3 is 2.59 bits per heavy atom. The summed E-state index contributed by atoms with van der Waals surface area (Å²) >= 11 is 0. The van der Waals surface area contributed by atoms with E-state index in [1.165, 1.54) is 42.0 Å². The summed E-state index contributed by atoms with van der Waals surface area (Å²) in [5.41, 5.74) is 2.56. The lowest BCUT2D eigenvalue weighted by Crippen LogP contribution is -2.36. The fourth-order valence-corrected chi connectivity index (χ4v) is 3.89. The van der Waals surface area contributed by atoms with Crippen LogP contribution in [-0.4, -0.2) is 15.7 Å². The molecule has 1 aromatic heterocycles. The minimum Gasteiger partial charge on any atom is -0.344 e. The number of nitrogens with one attached hydrogen (secondary N) is 1. The van der Waals surface area contributed by atoms with Crippen molar-refractivity contribution in [1.29, 1.82) is 0 Å². The third-order valence-electron chi connectivity index (χ3n) is 5.53. The molecule has 0 fully saturated rings. The zero-order chi connectivity index (χ0) is 20.6. The highest BCUT2D eigenvalue weighted by molar-refractivity contribution is 5.92. The average molecular weight is 391 g/mol. The van der Waals surface area contributed by atoms with Gasteiger partial charge in [0.1, 0.15) is 11.5 Å². The minimum atomic E-state index is -0.408. The summed E-state index contributed by atoms with van der Waals surface area (Å²) in [4.78, 5) is 25.1. The third kappa shape index (κ3) is 3.70. The van der Waals surface area contributed by atoms with E-state index in [-0.39, 0.29) is 23.1 Å². The molecule has 0 saturated heterocycles. The number of aromatic nitrogens is 2. The van der Waals surface area contributed by atoms with Gasteiger partial charge in [-0.2, -0.15) is 9.78 Å². The van der Waals surface area contributed by atoms with Crippen LogP contribution in [0.25, 0.3) is 5.69 Å². The molecule has 1 aliphatic carbocycles. The van der Waals surface area contributed by atoms with Gasteiger partial charge in [0.25, 0.3) is 11.5 Å². The predicted octanol–water partition coefficient (Wildman–Crippen LogP) is 3.91. The van der Waals surface area contributed by atoms with E-state index >= 15 is 0 Å². The Hall–Kier alpha value is -3.28. The molecule has 0 spiro atoms. The molecular formula is C23H22FN3O2. The number of carbonyl (C=O) groups excluding carboxylic acids is 1. The number of benzene rings is 2. The average Bonchev–Trinajstić information content (AvgIpc) is 2.71. The van der Waals surface area contributed by atoms with Crippen LogP contribution < -0.4 is 10.9 Å². The highest BCUT2D eigenvalue weighted by atomic mass is 19.1. The molecule has 5 nitrogen and oxygen atoms in total. The SMILES string of the molecule is CC1(C)CCC(NC(=O)c2ccc(=O)n(-c3ccc(F)cc3)n2)c2ccccc21. The van der Waals surface area contributed by atoms with Crippen molar-refractivity contribution < 1.29 is 9.18 Å². The normalized spacial score (nSPS) is 17.4. The van der Waals surface area contributed by atoms with Gasteiger partial charge in [-0.05, 0) is 59.7 Å². The number of carbonyl (C=O) groups is 1. The van der Waals surface area contributed by atoms with Crippen LogP contribution in [0.3, 0.4) is 0 Å². The lowest BCUT2D eigenvalue weighted by Gasteiger charge is -2.37. The van der Waals surface area contributed by atoms with Crippen molar-refractivity contribution in [2.45, 2.75) is 38.1 Å². The molecule has 6 heteroatoms. The molecule has 0 bridgehead atoms. The van der Waals surface area contributed by atoms with Crippen LogP contribution >= 0.6 is 0 Å². The van der Waals surface area contributed by atoms with Crippen LogP contribution in [0, 0.1) is 5.82 Å². The standard InChI is InChI=1S/C23H22FN3O2/c1-23(2)14-13-19(17-5-3-4-6-18(17)23)25-22(29)20-11-12-21(28)27(26-20)16-9-7-15(24)8-10-16/h3-12,19H,13-14H2,1-2H3,(H,25,29). The summed E-state index contributed by atoms with van der Waals surface area (Å²) in [6.07, 6.45) is 1.78. The first-order valence-electron chi connectivity index (χ1n) is 9.62. The fourth-order valence-electron chi connectivity index (χ4n) is 3.89. The molecular weight excluding hydrogens is 369 g/mol. The van der Waals surface area contributed by atoms with Gasteiger partial charge < -0.3 is 5.32 Å². The summed E-state index contributed by atoms with van der Waals surface area (Å²) in [6.45, 7) is 4.42. The van der Waals surface area contributed by atoms with Crippen molar-refractivity contribution in [1.82, 2.24) is 15.1 Å². The molecule has 1 aliphatic rings. The number of halogens is 1. The van der Waals surface area contributed by atoms with E-state index in [4.69, 9.17) is 0 Å². The first-order chi connectivity index (χ1) is 13.8. The monoisotopic (exact) mass is 391 g/mol. The van der Waals surface area contributed by atoms with Gasteiger partial charge in [0.05, 0.1) is 11.7 Å². The van der Waals surface area contributed by atoms with Crippen molar-refractivity contribution in [3.63, 3.8) is 0 Å². The summed E-state index contributed by atoms with van der Waals surface area (Å²) in [5.74, 6) is -0.755. The Labute approximate surface area is 168 Å². The maximum Gasteiger partial charge on any atom is 0.272 e. The Morgan fingerprint density at radius 2 is 1.83 bits per heavy atom.